The molecular formula is C15H13FN2O3. The molecule has 0 aliphatic rings. The van der Waals surface area contributed by atoms with Crippen molar-refractivity contribution in [3.8, 4) is 11.8 Å². The van der Waals surface area contributed by atoms with Crippen molar-refractivity contribution in [2.75, 3.05) is 6.61 Å². The minimum Gasteiger partial charge on any atom is -0.384 e. The number of aliphatic hydroxyl groups excluding tert-OH is 1. The molecule has 6 heteroatoms. The molecule has 0 aliphatic heterocycles. The van der Waals surface area contributed by atoms with Gasteiger partial charge in [-0.25, -0.2) is 9.18 Å². The van der Waals surface area contributed by atoms with Gasteiger partial charge in [0.25, 0.3) is 5.56 Å². The number of hydrogen-bond acceptors (Lipinski definition) is 3. The summed E-state index contributed by atoms with van der Waals surface area (Å²) in [5.41, 5.74) is -0.188. The van der Waals surface area contributed by atoms with Gasteiger partial charge in [-0.1, -0.05) is 17.9 Å². The topological polar surface area (TPSA) is 64.2 Å². The first kappa shape index (κ1) is 14.8. The normalized spacial score (nSPS) is 10.0. The van der Waals surface area contributed by atoms with Crippen LogP contribution >= 0.6 is 0 Å². The lowest BCUT2D eigenvalue weighted by atomic mass is 10.1. The molecule has 0 atom stereocenters. The van der Waals surface area contributed by atoms with Gasteiger partial charge in [-0.05, 0) is 17.7 Å². The van der Waals surface area contributed by atoms with Gasteiger partial charge in [-0.15, -0.1) is 0 Å². The average Bonchev–Trinajstić information content (AvgIpc) is 2.48. The lowest BCUT2D eigenvalue weighted by molar-refractivity contribution is 0.350. The maximum absolute atomic E-state index is 13.5. The van der Waals surface area contributed by atoms with Crippen molar-refractivity contribution in [1.82, 2.24) is 9.13 Å². The molecule has 0 amide bonds. The molecule has 0 saturated carbocycles. The predicted octanol–water partition coefficient (Wildman–Crippen LogP) is 0.0782. The van der Waals surface area contributed by atoms with E-state index < -0.39 is 17.1 Å². The summed E-state index contributed by atoms with van der Waals surface area (Å²) in [6, 6.07) is 5.45. The van der Waals surface area contributed by atoms with Gasteiger partial charge < -0.3 is 9.67 Å². The zero-order valence-electron chi connectivity index (χ0n) is 11.3. The van der Waals surface area contributed by atoms with Crippen LogP contribution in [0.4, 0.5) is 4.39 Å². The first-order valence-corrected chi connectivity index (χ1v) is 6.17. The number of benzene rings is 1. The Bertz CT molecular complexity index is 840. The van der Waals surface area contributed by atoms with Gasteiger partial charge in [-0.3, -0.25) is 9.36 Å². The van der Waals surface area contributed by atoms with Crippen molar-refractivity contribution in [3.05, 3.63) is 68.2 Å². The number of aromatic nitrogens is 2. The molecule has 1 aromatic carbocycles. The summed E-state index contributed by atoms with van der Waals surface area (Å²) in [5, 5.41) is 8.64. The number of hydrogen-bond donors (Lipinski definition) is 1. The van der Waals surface area contributed by atoms with Crippen molar-refractivity contribution in [3.63, 3.8) is 0 Å². The Morgan fingerprint density at radius 3 is 2.76 bits per heavy atom. The maximum Gasteiger partial charge on any atom is 0.331 e. The van der Waals surface area contributed by atoms with Crippen molar-refractivity contribution >= 4 is 0 Å². The molecule has 108 valence electrons. The van der Waals surface area contributed by atoms with E-state index in [2.05, 4.69) is 11.8 Å². The molecule has 21 heavy (non-hydrogen) atoms. The minimum atomic E-state index is -0.520. The third kappa shape index (κ3) is 3.27. The molecule has 5 nitrogen and oxygen atoms in total. The maximum atomic E-state index is 13.5. The molecule has 2 aromatic rings. The Morgan fingerprint density at radius 1 is 1.29 bits per heavy atom. The molecule has 1 aromatic heterocycles. The van der Waals surface area contributed by atoms with E-state index in [9.17, 15) is 14.0 Å². The molecule has 0 bridgehead atoms. The third-order valence-corrected chi connectivity index (χ3v) is 2.91. The van der Waals surface area contributed by atoms with E-state index in [0.717, 1.165) is 4.57 Å². The minimum absolute atomic E-state index is 0.0282. The summed E-state index contributed by atoms with van der Waals surface area (Å²) in [5.74, 6) is 4.32. The molecular weight excluding hydrogens is 275 g/mol. The highest BCUT2D eigenvalue weighted by Gasteiger charge is 2.06. The molecule has 0 aliphatic carbocycles. The molecule has 0 unspecified atom stereocenters. The van der Waals surface area contributed by atoms with Crippen LogP contribution in [0.2, 0.25) is 0 Å². The Balaban J connectivity index is 2.44. The Morgan fingerprint density at radius 2 is 2.05 bits per heavy atom. The Hall–Kier alpha value is -2.65. The summed E-state index contributed by atoms with van der Waals surface area (Å²) in [6.07, 6.45) is 1.39. The lowest BCUT2D eigenvalue weighted by Gasteiger charge is -2.07. The highest BCUT2D eigenvalue weighted by molar-refractivity contribution is 5.38. The second kappa shape index (κ2) is 6.20. The van der Waals surface area contributed by atoms with Crippen LogP contribution in [0.15, 0.2) is 40.1 Å². The molecule has 0 fully saturated rings. The Kier molecular flexibility index (Phi) is 4.36. The summed E-state index contributed by atoms with van der Waals surface area (Å²) < 4.78 is 15.9. The van der Waals surface area contributed by atoms with Crippen LogP contribution in [0.5, 0.6) is 0 Å². The second-order valence-corrected chi connectivity index (χ2v) is 4.41. The molecule has 1 N–H and O–H groups in total. The monoisotopic (exact) mass is 288 g/mol. The van der Waals surface area contributed by atoms with Crippen molar-refractivity contribution in [2.45, 2.75) is 6.54 Å². The number of aliphatic hydroxyl groups is 1. The summed E-state index contributed by atoms with van der Waals surface area (Å²) in [7, 11) is 1.54. The number of rotatable bonds is 2. The zero-order valence-corrected chi connectivity index (χ0v) is 11.3. The summed E-state index contributed by atoms with van der Waals surface area (Å²) in [4.78, 5) is 23.6. The molecule has 0 saturated heterocycles. The van der Waals surface area contributed by atoms with Crippen LogP contribution < -0.4 is 11.2 Å². The zero-order chi connectivity index (χ0) is 15.4. The molecule has 2 rings (SSSR count). The van der Waals surface area contributed by atoms with Crippen LogP contribution in [0, 0.1) is 17.7 Å². The first-order chi connectivity index (χ1) is 10.0. The summed E-state index contributed by atoms with van der Waals surface area (Å²) in [6.45, 7) is -0.344. The van der Waals surface area contributed by atoms with Gasteiger partial charge in [0.05, 0.1) is 12.1 Å². The molecule has 0 radical (unpaired) electrons. The SMILES string of the molecule is Cn1ccc(=O)n(Cc2ccc(F)c(C#CCO)c2)c1=O. The Labute approximate surface area is 119 Å². The second-order valence-electron chi connectivity index (χ2n) is 4.41. The fourth-order valence-electron chi connectivity index (χ4n) is 1.84. The number of nitrogens with zero attached hydrogens (tertiary/aromatic N) is 2. The fourth-order valence-corrected chi connectivity index (χ4v) is 1.84. The van der Waals surface area contributed by atoms with E-state index in [1.54, 1.807) is 7.05 Å². The van der Waals surface area contributed by atoms with E-state index in [-0.39, 0.29) is 18.7 Å². The smallest absolute Gasteiger partial charge is 0.331 e. The van der Waals surface area contributed by atoms with Gasteiger partial charge in [0.2, 0.25) is 0 Å². The number of aryl methyl sites for hydroxylation is 1. The van der Waals surface area contributed by atoms with E-state index in [1.807, 2.05) is 0 Å². The average molecular weight is 288 g/mol. The van der Waals surface area contributed by atoms with Crippen LogP contribution in [-0.2, 0) is 13.6 Å². The van der Waals surface area contributed by atoms with Crippen LogP contribution in [-0.4, -0.2) is 20.8 Å². The van der Waals surface area contributed by atoms with Gasteiger partial charge in [0.15, 0.2) is 0 Å². The van der Waals surface area contributed by atoms with Crippen LogP contribution in [0.1, 0.15) is 11.1 Å². The van der Waals surface area contributed by atoms with Crippen molar-refractivity contribution in [2.24, 2.45) is 7.05 Å². The standard InChI is InChI=1S/C15H13FN2O3/c1-17-7-6-14(20)18(15(17)21)10-11-4-5-13(16)12(9-11)3-2-8-19/h4-7,9,19H,8,10H2,1H3. The molecule has 0 spiro atoms. The lowest BCUT2D eigenvalue weighted by Crippen LogP contribution is -2.38. The van der Waals surface area contributed by atoms with E-state index in [4.69, 9.17) is 5.11 Å². The van der Waals surface area contributed by atoms with Crippen LogP contribution in [0.3, 0.4) is 0 Å². The number of halogens is 1. The van der Waals surface area contributed by atoms with Crippen molar-refractivity contribution < 1.29 is 9.50 Å². The third-order valence-electron chi connectivity index (χ3n) is 2.91. The largest absolute Gasteiger partial charge is 0.384 e. The predicted molar refractivity (Wildman–Crippen MR) is 75.4 cm³/mol. The molecule has 1 heterocycles. The van der Waals surface area contributed by atoms with Crippen molar-refractivity contribution in [1.29, 1.82) is 0 Å². The quantitative estimate of drug-likeness (QED) is 0.796. The van der Waals surface area contributed by atoms with Crippen LogP contribution in [0.25, 0.3) is 0 Å². The summed E-state index contributed by atoms with van der Waals surface area (Å²) >= 11 is 0. The van der Waals surface area contributed by atoms with Gasteiger partial charge in [0, 0.05) is 19.3 Å². The van der Waals surface area contributed by atoms with E-state index in [0.29, 0.717) is 5.56 Å². The highest BCUT2D eigenvalue weighted by Crippen LogP contribution is 2.10. The highest BCUT2D eigenvalue weighted by atomic mass is 19.1. The van der Waals surface area contributed by atoms with E-state index in [1.165, 1.54) is 35.0 Å². The van der Waals surface area contributed by atoms with Gasteiger partial charge in [-0.2, -0.15) is 0 Å². The van der Waals surface area contributed by atoms with Gasteiger partial charge >= 0.3 is 5.69 Å². The fraction of sp³-hybridized carbons (Fsp3) is 0.200. The van der Waals surface area contributed by atoms with E-state index >= 15 is 0 Å². The van der Waals surface area contributed by atoms with Gasteiger partial charge in [0.1, 0.15) is 12.4 Å². The first-order valence-electron chi connectivity index (χ1n) is 6.17.